The average molecular weight is 1330 g/mol. The third-order valence-corrected chi connectivity index (χ3v) is 14.6. The number of aromatic nitrogens is 11. The summed E-state index contributed by atoms with van der Waals surface area (Å²) in [6.45, 7) is 7.65. The molecule has 0 amide bonds. The Hall–Kier alpha value is -5.29. The molecular formula is C57H56Cl2K2N12O9S4. The molecule has 11 aromatic rings. The van der Waals surface area contributed by atoms with Crippen molar-refractivity contribution >= 4 is 99.4 Å². The Labute approximate surface area is 608 Å². The van der Waals surface area contributed by atoms with Crippen molar-refractivity contribution in [1.82, 2.24) is 53.3 Å². The van der Waals surface area contributed by atoms with Crippen LogP contribution < -0.4 is 134 Å². The number of carbonyl (C=O) groups is 2. The Morgan fingerprint density at radius 2 is 1.24 bits per heavy atom. The molecule has 0 bridgehead atoms. The maximum atomic E-state index is 12.6. The minimum Gasteiger partial charge on any atom is -1.00 e. The molecule has 0 atom stereocenters. The molecule has 0 saturated carbocycles. The third-order valence-electron chi connectivity index (χ3n) is 11.2. The van der Waals surface area contributed by atoms with Gasteiger partial charge in [0.05, 0.1) is 59.2 Å². The number of fused-ring (bicyclic) bond motifs is 2. The fourth-order valence-corrected chi connectivity index (χ4v) is 10.3. The van der Waals surface area contributed by atoms with E-state index in [1.165, 1.54) is 17.8 Å². The number of alkyl halides is 2. The zero-order chi connectivity index (χ0) is 60.5. The monoisotopic (exact) mass is 1330 g/mol. The number of nitrogen functional groups attached to an aromatic ring is 1. The summed E-state index contributed by atoms with van der Waals surface area (Å²) in [7, 11) is 3.29. The predicted molar refractivity (Wildman–Crippen MR) is 330 cm³/mol. The number of esters is 1. The number of benzene rings is 2. The van der Waals surface area contributed by atoms with Crippen molar-refractivity contribution < 1.29 is 138 Å². The van der Waals surface area contributed by atoms with Gasteiger partial charge in [0, 0.05) is 35.0 Å². The minimum atomic E-state index is -0.357. The summed E-state index contributed by atoms with van der Waals surface area (Å²) in [5.74, 6) is 3.96. The number of para-hydroxylation sites is 4. The second kappa shape index (κ2) is 38.2. The molecule has 0 aliphatic heterocycles. The van der Waals surface area contributed by atoms with Crippen LogP contribution in [0.15, 0.2) is 165 Å². The Kier molecular flexibility index (Phi) is 32.5. The van der Waals surface area contributed by atoms with Crippen LogP contribution >= 0.6 is 69.9 Å². The zero-order valence-corrected chi connectivity index (χ0v) is 59.0. The van der Waals surface area contributed by atoms with E-state index in [4.69, 9.17) is 60.7 Å². The number of rotatable bonds is 13. The number of pyridine rings is 3. The second-order valence-corrected chi connectivity index (χ2v) is 20.5. The van der Waals surface area contributed by atoms with Crippen molar-refractivity contribution in [3.05, 3.63) is 204 Å². The van der Waals surface area contributed by atoms with Gasteiger partial charge in [-0.05, 0) is 123 Å². The molecule has 0 saturated heterocycles. The quantitative estimate of drug-likeness (QED) is 0.0238. The average Bonchev–Trinajstić information content (AvgIpc) is 2.90. The number of H-pyrrole nitrogens is 1. The number of methoxy groups -OCH3 is 2. The fourth-order valence-electron chi connectivity index (χ4n) is 7.64. The Bertz CT molecular complexity index is 4080. The number of thiophene rings is 2. The Morgan fingerprint density at radius 3 is 1.71 bits per heavy atom. The number of nitrogens with zero attached hydrogens (tertiary/aromatic N) is 10. The molecule has 0 aliphatic rings. The van der Waals surface area contributed by atoms with Gasteiger partial charge in [0.1, 0.15) is 34.5 Å². The van der Waals surface area contributed by atoms with Crippen molar-refractivity contribution in [3.63, 3.8) is 0 Å². The van der Waals surface area contributed by atoms with Crippen LogP contribution in [-0.2, 0) is 30.8 Å². The number of aryl methyl sites for hydroxylation is 3. The summed E-state index contributed by atoms with van der Waals surface area (Å²) >= 11 is 20.7. The van der Waals surface area contributed by atoms with Crippen molar-refractivity contribution in [2.75, 3.05) is 32.4 Å². The van der Waals surface area contributed by atoms with Crippen LogP contribution in [0, 0.1) is 25.5 Å². The Balaban J connectivity index is 0.000000307. The molecule has 29 heteroatoms. The summed E-state index contributed by atoms with van der Waals surface area (Å²) < 4.78 is 23.0. The van der Waals surface area contributed by atoms with Crippen molar-refractivity contribution in [2.24, 2.45) is 0 Å². The number of thioether (sulfide) groups is 1. The molecule has 9 aromatic heterocycles. The van der Waals surface area contributed by atoms with Gasteiger partial charge < -0.3 is 31.5 Å². The standard InChI is InChI=1S/C23H19N5O2S2.C13H11N3OS2.C10H9ClN2O.C6H8N2.C4H7ClO2.CH2O3.2K.H/c1-15-7-5-11-20-24-16(13-21(29)27(15)20)14-32-23-26-25-22(19-10-6-12-31-19)28(23)17-8-3-4-9-18(17)30-2;1-17-10-6-3-2-5-9(10)16-12(14-15-13(16)18)11-7-4-8-19-11;1-7-3-2-4-9-12-8(6-11)5-10(14)13(7)9;1-5-3-2-4-6(7)8-5;1-2-7-4(6)3-5;2-1-4-3;;;/h3-13H,14H2,1-2H3;2-8H,1H3,(H,15,18);2-5H,6H2,1H3;2-4H,1H3,(H2,7,8);2-3H2,1H3;1,3H;;;/q;;;;;;2*+1;-1/p-1. The number of anilines is 1. The molecule has 21 nitrogen and oxygen atoms in total. The van der Waals surface area contributed by atoms with E-state index in [9.17, 15) is 14.4 Å². The van der Waals surface area contributed by atoms with Crippen LogP contribution in [0.4, 0.5) is 5.82 Å². The first-order valence-electron chi connectivity index (χ1n) is 25.0. The van der Waals surface area contributed by atoms with E-state index in [1.54, 1.807) is 70.8 Å². The first-order chi connectivity index (χ1) is 40.7. The zero-order valence-electron chi connectivity index (χ0n) is 49.0. The molecule has 3 N–H and O–H groups in total. The Morgan fingerprint density at radius 1 is 0.721 bits per heavy atom. The van der Waals surface area contributed by atoms with Gasteiger partial charge >= 0.3 is 109 Å². The van der Waals surface area contributed by atoms with Crippen LogP contribution in [0.3, 0.4) is 0 Å². The van der Waals surface area contributed by atoms with E-state index in [2.05, 4.69) is 45.0 Å². The van der Waals surface area contributed by atoms with Gasteiger partial charge in [-0.25, -0.2) is 15.0 Å². The molecule has 0 spiro atoms. The maximum Gasteiger partial charge on any atom is 1.00 e. The summed E-state index contributed by atoms with van der Waals surface area (Å²) in [6, 6.07) is 43.3. The van der Waals surface area contributed by atoms with E-state index in [1.807, 2.05) is 156 Å². The van der Waals surface area contributed by atoms with Crippen molar-refractivity contribution in [3.8, 4) is 44.3 Å². The van der Waals surface area contributed by atoms with Gasteiger partial charge in [0.15, 0.2) is 21.6 Å². The van der Waals surface area contributed by atoms with Crippen LogP contribution in [0.2, 0.25) is 0 Å². The summed E-state index contributed by atoms with van der Waals surface area (Å²) in [6.07, 6.45) is 0. The molecule has 0 unspecified atom stereocenters. The van der Waals surface area contributed by atoms with Gasteiger partial charge in [-0.15, -0.1) is 56.1 Å². The smallest absolute Gasteiger partial charge is 1.00 e. The third kappa shape index (κ3) is 20.7. The molecular weight excluding hydrogens is 1270 g/mol. The van der Waals surface area contributed by atoms with Crippen LogP contribution in [0.1, 0.15) is 36.8 Å². The van der Waals surface area contributed by atoms with Gasteiger partial charge in [-0.3, -0.25) is 42.2 Å². The van der Waals surface area contributed by atoms with Gasteiger partial charge in [0.2, 0.25) is 0 Å². The number of nitrogens with one attached hydrogen (secondary N) is 1. The molecule has 0 fully saturated rings. The van der Waals surface area contributed by atoms with Crippen LogP contribution in [0.5, 0.6) is 11.5 Å². The van der Waals surface area contributed by atoms with E-state index in [0.717, 1.165) is 61.4 Å². The molecule has 2 aromatic carbocycles. The van der Waals surface area contributed by atoms with Gasteiger partial charge in [-0.2, -0.15) is 5.10 Å². The number of hydrogen-bond donors (Lipinski definition) is 2. The number of hydrogen-bond acceptors (Lipinski definition) is 20. The normalized spacial score (nSPS) is 10.0. The fraction of sp³-hybridized carbons (Fsp3) is 0.175. The predicted octanol–water partition coefficient (Wildman–Crippen LogP) is 4.34. The topological polar surface area (TPSA) is 266 Å². The second-order valence-electron chi connectivity index (χ2n) is 16.8. The summed E-state index contributed by atoms with van der Waals surface area (Å²) in [5.41, 5.74) is 12.2. The van der Waals surface area contributed by atoms with Crippen molar-refractivity contribution in [1.29, 1.82) is 0 Å². The van der Waals surface area contributed by atoms with E-state index >= 15 is 0 Å². The maximum absolute atomic E-state index is 12.6. The van der Waals surface area contributed by atoms with E-state index in [-0.39, 0.29) is 140 Å². The SMILES string of the molecule is CCOC(=O)CCl.COc1ccccc1-n1c(-c2cccs2)n[nH]c1=S.COc1ccccc1-n1c(SCc2cc(=O)n3c(C)cccc3n2)nnc1-c1cccs1.Cc1cccc(N)n1.Cc1cccc2nc(CCl)cc(=O)n12.O=CO[O-].[H-].[K+].[K+]. The summed E-state index contributed by atoms with van der Waals surface area (Å²) in [4.78, 5) is 60.5. The number of nitrogens with two attached hydrogens (primary N) is 1. The first kappa shape index (κ1) is 73.2. The molecule has 9 heterocycles. The molecule has 86 heavy (non-hydrogen) atoms. The largest absolute Gasteiger partial charge is 1.00 e. The molecule has 0 aliphatic carbocycles. The van der Waals surface area contributed by atoms with E-state index < -0.39 is 0 Å². The van der Waals surface area contributed by atoms with Crippen molar-refractivity contribution in [2.45, 2.75) is 44.5 Å². The number of aromatic amines is 1. The number of carbonyl (C=O) groups excluding carboxylic acids is 2. The van der Waals surface area contributed by atoms with Crippen LogP contribution in [-0.4, -0.2) is 92.4 Å². The number of halogens is 2. The summed E-state index contributed by atoms with van der Waals surface area (Å²) in [5, 5.41) is 29.2. The first-order valence-corrected chi connectivity index (χ1v) is 29.2. The molecule has 438 valence electrons. The van der Waals surface area contributed by atoms with E-state index in [0.29, 0.717) is 50.8 Å². The molecule has 11 rings (SSSR count). The minimum absolute atomic E-state index is 0. The molecule has 0 radical (unpaired) electrons. The van der Waals surface area contributed by atoms with Gasteiger partial charge in [-0.1, -0.05) is 66.4 Å². The van der Waals surface area contributed by atoms with Crippen LogP contribution in [0.25, 0.3) is 44.1 Å². The van der Waals surface area contributed by atoms with Gasteiger partial charge in [0.25, 0.3) is 17.6 Å². The number of ether oxygens (including phenoxy) is 3.